The molecule has 0 bridgehead atoms. The van der Waals surface area contributed by atoms with Gasteiger partial charge < -0.3 is 123 Å². The molecule has 1 saturated heterocycles. The Hall–Kier alpha value is -11.3. The van der Waals surface area contributed by atoms with Gasteiger partial charge in [-0.3, -0.25) is 67.1 Å². The first-order chi connectivity index (χ1) is 58.7. The van der Waals surface area contributed by atoms with Gasteiger partial charge in [-0.2, -0.15) is 0 Å². The van der Waals surface area contributed by atoms with E-state index in [0.29, 0.717) is 59.5 Å². The summed E-state index contributed by atoms with van der Waals surface area (Å²) >= 11 is 1.88. The molecule has 1 aliphatic heterocycles. The second-order valence-electron chi connectivity index (χ2n) is 29.4. The van der Waals surface area contributed by atoms with Gasteiger partial charge in [0.1, 0.15) is 78.3 Å². The van der Waals surface area contributed by atoms with Gasteiger partial charge in [-0.25, -0.2) is 4.79 Å². The van der Waals surface area contributed by atoms with Crippen molar-refractivity contribution in [3.63, 3.8) is 0 Å². The Morgan fingerprint density at radius 1 is 0.496 bits per heavy atom. The minimum absolute atomic E-state index is 0.0148. The lowest BCUT2D eigenvalue weighted by atomic mass is 10.00. The molecule has 123 heavy (non-hydrogen) atoms. The van der Waals surface area contributed by atoms with Gasteiger partial charge in [0.2, 0.25) is 82.7 Å². The summed E-state index contributed by atoms with van der Waals surface area (Å²) in [5, 5.41) is 86.6. The number of aromatic hydroxyl groups is 1. The van der Waals surface area contributed by atoms with E-state index in [0.717, 1.165) is 24.6 Å². The van der Waals surface area contributed by atoms with Crippen LogP contribution in [0.1, 0.15) is 86.6 Å². The van der Waals surface area contributed by atoms with E-state index in [-0.39, 0.29) is 83.0 Å². The predicted octanol–water partition coefficient (Wildman–Crippen LogP) is -3.38. The first kappa shape index (κ1) is 98.8. The van der Waals surface area contributed by atoms with Crippen molar-refractivity contribution < 1.29 is 97.5 Å². The Morgan fingerprint density at radius 2 is 0.911 bits per heavy atom. The first-order valence-electron chi connectivity index (χ1n) is 39.7. The van der Waals surface area contributed by atoms with E-state index in [1.807, 2.05) is 22.6 Å². The molecule has 6 aromatic rings. The van der Waals surface area contributed by atoms with Gasteiger partial charge in [-0.1, -0.05) is 137 Å². The summed E-state index contributed by atoms with van der Waals surface area (Å²) in [5.74, 6) is -18.1. The van der Waals surface area contributed by atoms with Crippen molar-refractivity contribution >= 4 is 144 Å². The highest BCUT2D eigenvalue weighted by Crippen LogP contribution is 2.25. The molecule has 1 fully saturated rings. The molecule has 0 saturated carbocycles. The normalized spacial score (nSPS) is 23.0. The van der Waals surface area contributed by atoms with E-state index >= 15 is 14.4 Å². The Balaban J connectivity index is 1.30. The number of aromatic amines is 1. The van der Waals surface area contributed by atoms with Gasteiger partial charge in [-0.05, 0) is 140 Å². The number of H-pyrrole nitrogens is 1. The second kappa shape index (κ2) is 50.3. The molecule has 7 rings (SSSR count). The number of para-hydroxylation sites is 1. The van der Waals surface area contributed by atoms with Crippen molar-refractivity contribution in [2.24, 2.45) is 22.9 Å². The molecule has 41 heteroatoms. The molecule has 664 valence electrons. The van der Waals surface area contributed by atoms with Crippen LogP contribution >= 0.6 is 44.2 Å². The summed E-state index contributed by atoms with van der Waals surface area (Å²) in [6, 6.07) is 13.7. The number of carbonyl (C=O) groups excluding carboxylic acids is 14. The second-order valence-corrected chi connectivity index (χ2v) is 33.1. The van der Waals surface area contributed by atoms with Gasteiger partial charge >= 0.3 is 5.97 Å². The third kappa shape index (κ3) is 32.1. The summed E-state index contributed by atoms with van der Waals surface area (Å²) in [6.45, 7) is 0.426. The smallest absolute Gasteiger partial charge is 0.327 e. The van der Waals surface area contributed by atoms with Crippen molar-refractivity contribution in [2.45, 2.75) is 182 Å². The maximum absolute atomic E-state index is 15.4. The van der Waals surface area contributed by atoms with E-state index in [4.69, 9.17) is 22.9 Å². The maximum atomic E-state index is 15.4. The number of amides is 14. The number of nitrogens with one attached hydrogen (secondary N) is 14. The predicted molar refractivity (Wildman–Crippen MR) is 464 cm³/mol. The first-order valence-corrected chi connectivity index (χ1v) is 43.3. The monoisotopic (exact) mass is 1850 g/mol. The molecule has 15 atom stereocenters. The fourth-order valence-corrected chi connectivity index (χ4v) is 15.8. The van der Waals surface area contributed by atoms with Gasteiger partial charge in [-0.15, -0.1) is 0 Å². The fourth-order valence-electron chi connectivity index (χ4n) is 12.9. The van der Waals surface area contributed by atoms with E-state index in [2.05, 4.69) is 74.1 Å². The number of carbonyl (C=O) groups is 15. The molecule has 2 unspecified atom stereocenters. The Labute approximate surface area is 730 Å². The van der Waals surface area contributed by atoms with Crippen LogP contribution in [0.2, 0.25) is 0 Å². The molecule has 5 aromatic carbocycles. The molecule has 1 aliphatic rings. The Morgan fingerprint density at radius 3 is 1.39 bits per heavy atom. The van der Waals surface area contributed by atoms with Crippen molar-refractivity contribution in [3.05, 3.63) is 171 Å². The molecule has 0 spiro atoms. The number of aliphatic hydroxyl groups excluding tert-OH is 3. The van der Waals surface area contributed by atoms with Crippen molar-refractivity contribution in [3.8, 4) is 5.75 Å². The molecule has 14 amide bonds. The highest BCUT2D eigenvalue weighted by molar-refractivity contribution is 14.1. The SMILES string of the molecule is C[C@@H](O)C1NC(=O)[C@H](Cc2ccccc2)NC(=O)C([C@@H](C)O)NC(=O)[C@H](CCCCN)NC(=O)[C@H](Cc2c[nH]c3ccccc23)NC(=O)[C@H](Cc2ccccc2)NC(=O)[C@H](Cc2ccccc2)NC(=O)[C@H](CC(N)=O)NC(=O)[C@H](CCCCN)NC(=O)[C@H](NC(=O)CNC(=O)[C@@H](N)Cc2ccc(O)c([125I])c2)CSSC[C@@H](C(=O)O)NC(=O)[C@H](CO)NC1=O. The average Bonchev–Trinajstić information content (AvgIpc) is 1.71. The highest BCUT2D eigenvalue weighted by atomic mass is 125. The van der Waals surface area contributed by atoms with E-state index < -0.39 is 210 Å². The number of carboxylic acid groups (broad SMARTS) is 1. The zero-order chi connectivity index (χ0) is 89.8. The standard InChI is InChI=1S/C82H107IN18O20S2/c1-44(103)68-80(118)97-59(36-48-22-10-5-11-23-48)77(115)101-69(45(2)104)81(119)98-62(41-102)78(116)99-64(82(120)121)43-123-122-42-63(90-67(107)40-89-70(108)53(86)33-49-28-29-65(105)52(83)32-49)79(117)92-55(26-14-16-30-84)71(109)96-61(38-66(87)106)76(114)94-57(34-46-18-6-3-7-19-46)73(111)93-58(35-47-20-8-4-9-21-47)74(112)95-60(37-50-39-88-54-25-13-12-24-51(50)54)75(113)91-56(72(110)100-68)27-15-17-31-85/h3-13,18-25,28-29,32,39,44-45,53,55-64,68-69,88,102-105H,14-17,26-27,30-31,33-38,40-43,84-86H2,1-2H3,(H2,87,106)(H,89,108)(H,90,107)(H,91,113)(H,92,117)(H,93,111)(H,94,114)(H,95,112)(H,96,109)(H,97,118)(H,98,119)(H,99,116)(H,100,110)(H,101,115)(H,120,121)/t44-,45-,53+,55+,56+,57+,58+,59+,60+,61+,62+,63-,64+,68?,69?/m1/s1/i83-2. The largest absolute Gasteiger partial charge is 0.507 e. The lowest BCUT2D eigenvalue weighted by Gasteiger charge is -2.29. The van der Waals surface area contributed by atoms with Crippen molar-refractivity contribution in [1.82, 2.24) is 74.1 Å². The minimum atomic E-state index is -2.00. The lowest BCUT2D eigenvalue weighted by molar-refractivity contribution is -0.142. The summed E-state index contributed by atoms with van der Waals surface area (Å²) < 4.78 is 0.469. The van der Waals surface area contributed by atoms with Gasteiger partial charge in [0, 0.05) is 54.3 Å². The summed E-state index contributed by atoms with van der Waals surface area (Å²) in [7, 11) is 1.46. The minimum Gasteiger partial charge on any atom is -0.507 e. The highest BCUT2D eigenvalue weighted by Gasteiger charge is 2.40. The van der Waals surface area contributed by atoms with E-state index in [1.54, 1.807) is 128 Å². The van der Waals surface area contributed by atoms with E-state index in [9.17, 15) is 83.1 Å². The molecular weight excluding hydrogens is 1750 g/mol. The van der Waals surface area contributed by atoms with Crippen molar-refractivity contribution in [2.75, 3.05) is 37.7 Å². The van der Waals surface area contributed by atoms with E-state index in [1.165, 1.54) is 12.1 Å². The van der Waals surface area contributed by atoms with Crippen LogP contribution in [-0.4, -0.2) is 248 Å². The fraction of sp³-hybridized carbons (Fsp3) is 0.427. The molecule has 0 aliphatic carbocycles. The number of phenols is 1. The summed E-state index contributed by atoms with van der Waals surface area (Å²) in [4.78, 5) is 219. The van der Waals surface area contributed by atoms with Crippen LogP contribution in [-0.2, 0) is 104 Å². The number of rotatable bonds is 28. The number of halogens is 1. The molecule has 2 heterocycles. The maximum Gasteiger partial charge on any atom is 0.327 e. The topological polar surface area (TPSA) is 633 Å². The van der Waals surface area contributed by atoms with Crippen LogP contribution < -0.4 is 92.1 Å². The third-order valence-corrected chi connectivity index (χ3v) is 23.0. The number of carboxylic acids is 1. The molecule has 1 aromatic heterocycles. The molecule has 0 radical (unpaired) electrons. The Kier molecular flexibility index (Phi) is 40.4. The van der Waals surface area contributed by atoms with Gasteiger partial charge in [0.15, 0.2) is 0 Å². The molecular formula is C82H107IN18O20S2. The number of aliphatic carboxylic acids is 1. The van der Waals surface area contributed by atoms with Gasteiger partial charge in [0.05, 0.1) is 41.4 Å². The number of unbranched alkanes of at least 4 members (excludes halogenated alkanes) is 2. The van der Waals surface area contributed by atoms with Crippen molar-refractivity contribution in [1.29, 1.82) is 0 Å². The lowest BCUT2D eigenvalue weighted by Crippen LogP contribution is -2.63. The van der Waals surface area contributed by atoms with Crippen LogP contribution in [0.15, 0.2) is 140 Å². The summed E-state index contributed by atoms with van der Waals surface area (Å²) in [5.41, 5.74) is 26.8. The number of primary amides is 1. The van der Waals surface area contributed by atoms with Gasteiger partial charge in [0.25, 0.3) is 0 Å². The van der Waals surface area contributed by atoms with Crippen LogP contribution in [0.3, 0.4) is 0 Å². The van der Waals surface area contributed by atoms with Crippen LogP contribution in [0.25, 0.3) is 10.9 Å². The zero-order valence-corrected chi connectivity index (χ0v) is 71.3. The Bertz CT molecular complexity index is 4620. The number of nitrogens with two attached hydrogens (primary N) is 4. The zero-order valence-electron chi connectivity index (χ0n) is 67.5. The van der Waals surface area contributed by atoms with Crippen LogP contribution in [0, 0.1) is 3.57 Å². The summed E-state index contributed by atoms with van der Waals surface area (Å²) in [6.07, 6.45) is -3.68. The number of aliphatic hydroxyl groups is 3. The third-order valence-electron chi connectivity index (χ3n) is 19.7. The number of phenolic OH excluding ortho intramolecular Hbond substituents is 1. The average molecular weight is 1850 g/mol. The number of aromatic nitrogens is 1. The number of hydrogen-bond donors (Lipinski definition) is 23. The van der Waals surface area contributed by atoms with Crippen LogP contribution in [0.4, 0.5) is 0 Å². The quantitative estimate of drug-likeness (QED) is 0.0129. The van der Waals surface area contributed by atoms with Crippen LogP contribution in [0.5, 0.6) is 5.75 Å². The number of benzene rings is 5. The molecule has 27 N–H and O–H groups in total. The molecule has 38 nitrogen and oxygen atoms in total. The number of hydrogen-bond acceptors (Lipinski definition) is 24. The number of fused-ring (bicyclic) bond motifs is 1.